The van der Waals surface area contributed by atoms with Gasteiger partial charge in [0.15, 0.2) is 0 Å². The summed E-state index contributed by atoms with van der Waals surface area (Å²) >= 11 is 0. The van der Waals surface area contributed by atoms with Crippen molar-refractivity contribution in [2.24, 2.45) is 40.4 Å². The minimum absolute atomic E-state index is 0.0604. The second-order valence-corrected chi connectivity index (χ2v) is 10.0. The van der Waals surface area contributed by atoms with Gasteiger partial charge >= 0.3 is 0 Å². The van der Waals surface area contributed by atoms with Gasteiger partial charge in [0.25, 0.3) is 0 Å². The molecule has 0 bridgehead atoms. The van der Waals surface area contributed by atoms with Crippen LogP contribution in [0.25, 0.3) is 0 Å². The van der Waals surface area contributed by atoms with Gasteiger partial charge in [-0.05, 0) is 85.4 Å². The van der Waals surface area contributed by atoms with Gasteiger partial charge in [0.2, 0.25) is 0 Å². The van der Waals surface area contributed by atoms with Crippen LogP contribution >= 0.6 is 0 Å². The molecule has 4 aliphatic carbocycles. The fourth-order valence-electron chi connectivity index (χ4n) is 8.02. The highest BCUT2D eigenvalue weighted by molar-refractivity contribution is 5.13. The number of hydrogen-bond acceptors (Lipinski definition) is 3. The first kappa shape index (κ1) is 17.3. The summed E-state index contributed by atoms with van der Waals surface area (Å²) in [5, 5.41) is 32.2. The molecule has 4 saturated carbocycles. The van der Waals surface area contributed by atoms with Crippen LogP contribution in [0.4, 0.5) is 0 Å². The Hall–Kier alpha value is -0.120. The highest BCUT2D eigenvalue weighted by atomic mass is 16.3. The van der Waals surface area contributed by atoms with Gasteiger partial charge < -0.3 is 15.3 Å². The summed E-state index contributed by atoms with van der Waals surface area (Å²) in [5.74, 6) is 2.18. The Morgan fingerprint density at radius 2 is 1.46 bits per heavy atom. The van der Waals surface area contributed by atoms with E-state index in [-0.39, 0.29) is 23.4 Å². The van der Waals surface area contributed by atoms with Crippen LogP contribution in [0.5, 0.6) is 0 Å². The van der Waals surface area contributed by atoms with Crippen molar-refractivity contribution in [2.45, 2.75) is 90.4 Å². The van der Waals surface area contributed by atoms with E-state index in [0.29, 0.717) is 23.7 Å². The number of aliphatic hydroxyl groups excluding tert-OH is 3. The topological polar surface area (TPSA) is 60.7 Å². The molecule has 4 rings (SSSR count). The van der Waals surface area contributed by atoms with E-state index in [1.54, 1.807) is 0 Å². The van der Waals surface area contributed by atoms with Crippen LogP contribution in [-0.4, -0.2) is 33.6 Å². The maximum absolute atomic E-state index is 11.1. The van der Waals surface area contributed by atoms with Crippen LogP contribution in [0.2, 0.25) is 0 Å². The van der Waals surface area contributed by atoms with Gasteiger partial charge in [-0.3, -0.25) is 0 Å². The van der Waals surface area contributed by atoms with E-state index < -0.39 is 12.2 Å². The SMILES string of the molecule is CCC1CCC2C3C(CC[C@]12C)[C@@]1(C)CC[C@H](O)C[C@@H]1[C@@H](O)[C@@H]3O. The molecule has 0 spiro atoms. The first-order valence-electron chi connectivity index (χ1n) is 10.4. The van der Waals surface area contributed by atoms with Crippen LogP contribution < -0.4 is 0 Å². The van der Waals surface area contributed by atoms with Crippen LogP contribution in [0.1, 0.15) is 72.1 Å². The predicted molar refractivity (Wildman–Crippen MR) is 94.3 cm³/mol. The zero-order chi connectivity index (χ0) is 17.3. The Labute approximate surface area is 146 Å². The van der Waals surface area contributed by atoms with Crippen LogP contribution in [0.3, 0.4) is 0 Å². The molecule has 24 heavy (non-hydrogen) atoms. The smallest absolute Gasteiger partial charge is 0.0836 e. The van der Waals surface area contributed by atoms with Gasteiger partial charge in [-0.15, -0.1) is 0 Å². The number of fused-ring (bicyclic) bond motifs is 5. The Bertz CT molecular complexity index is 493. The Kier molecular flexibility index (Phi) is 4.10. The van der Waals surface area contributed by atoms with Gasteiger partial charge in [0.1, 0.15) is 0 Å². The second kappa shape index (κ2) is 5.69. The molecule has 0 aromatic rings. The lowest BCUT2D eigenvalue weighted by atomic mass is 9.43. The molecule has 0 aromatic heterocycles. The molecule has 0 radical (unpaired) electrons. The average Bonchev–Trinajstić information content (AvgIpc) is 2.90. The lowest BCUT2D eigenvalue weighted by molar-refractivity contribution is -0.222. The van der Waals surface area contributed by atoms with E-state index in [0.717, 1.165) is 18.8 Å². The van der Waals surface area contributed by atoms with E-state index in [1.165, 1.54) is 32.1 Å². The summed E-state index contributed by atoms with van der Waals surface area (Å²) in [5.41, 5.74) is 0.447. The zero-order valence-electron chi connectivity index (χ0n) is 15.6. The summed E-state index contributed by atoms with van der Waals surface area (Å²) < 4.78 is 0. The van der Waals surface area contributed by atoms with E-state index in [1.807, 2.05) is 0 Å². The minimum Gasteiger partial charge on any atom is -0.393 e. The Balaban J connectivity index is 1.70. The number of hydrogen-bond donors (Lipinski definition) is 3. The maximum atomic E-state index is 11.1. The van der Waals surface area contributed by atoms with Gasteiger partial charge in [-0.2, -0.15) is 0 Å². The van der Waals surface area contributed by atoms with Crippen molar-refractivity contribution in [3.05, 3.63) is 0 Å². The Morgan fingerprint density at radius 3 is 2.17 bits per heavy atom. The zero-order valence-corrected chi connectivity index (χ0v) is 15.6. The van der Waals surface area contributed by atoms with Gasteiger partial charge in [-0.25, -0.2) is 0 Å². The summed E-state index contributed by atoms with van der Waals surface area (Å²) in [7, 11) is 0. The molecule has 3 heteroatoms. The van der Waals surface area contributed by atoms with Crippen LogP contribution in [0, 0.1) is 40.4 Å². The molecule has 0 aromatic carbocycles. The first-order chi connectivity index (χ1) is 11.3. The third-order valence-corrected chi connectivity index (χ3v) is 9.41. The largest absolute Gasteiger partial charge is 0.393 e. The molecule has 0 aliphatic heterocycles. The quantitative estimate of drug-likeness (QED) is 0.688. The molecule has 4 unspecified atom stereocenters. The van der Waals surface area contributed by atoms with Crippen molar-refractivity contribution in [3.63, 3.8) is 0 Å². The molecule has 138 valence electrons. The fourth-order valence-corrected chi connectivity index (χ4v) is 8.02. The Morgan fingerprint density at radius 1 is 0.792 bits per heavy atom. The van der Waals surface area contributed by atoms with Gasteiger partial charge in [-0.1, -0.05) is 27.2 Å². The molecule has 0 saturated heterocycles. The van der Waals surface area contributed by atoms with Gasteiger partial charge in [0.05, 0.1) is 18.3 Å². The normalized spacial score (nSPS) is 60.2. The van der Waals surface area contributed by atoms with Crippen molar-refractivity contribution in [1.82, 2.24) is 0 Å². The van der Waals surface area contributed by atoms with E-state index in [2.05, 4.69) is 20.8 Å². The molecule has 4 fully saturated rings. The first-order valence-corrected chi connectivity index (χ1v) is 10.4. The monoisotopic (exact) mass is 336 g/mol. The van der Waals surface area contributed by atoms with E-state index in [9.17, 15) is 15.3 Å². The highest BCUT2D eigenvalue weighted by Crippen LogP contribution is 2.67. The molecular weight excluding hydrogens is 300 g/mol. The van der Waals surface area contributed by atoms with Crippen LogP contribution in [-0.2, 0) is 0 Å². The lowest BCUT2D eigenvalue weighted by Crippen LogP contribution is -2.64. The minimum atomic E-state index is -0.658. The molecule has 3 N–H and O–H groups in total. The summed E-state index contributed by atoms with van der Waals surface area (Å²) in [6.07, 6.45) is 7.21. The standard InChI is InChI=1S/C21H36O3/c1-4-12-5-6-14-17-15(8-10-20(12,14)2)21(3)9-7-13(22)11-16(21)18(23)19(17)24/h12-19,22-24H,4-11H2,1-3H3/t12?,13-,14?,15?,16+,17?,18+,19+,20+,21+/m0/s1. The third kappa shape index (κ3) is 2.13. The summed E-state index contributed by atoms with van der Waals surface area (Å²) in [6.45, 7) is 7.13. The fraction of sp³-hybridized carbons (Fsp3) is 1.00. The molecule has 0 heterocycles. The van der Waals surface area contributed by atoms with E-state index in [4.69, 9.17) is 0 Å². The molecule has 3 nitrogen and oxygen atoms in total. The van der Waals surface area contributed by atoms with Gasteiger partial charge in [0, 0.05) is 0 Å². The van der Waals surface area contributed by atoms with E-state index >= 15 is 0 Å². The van der Waals surface area contributed by atoms with Crippen molar-refractivity contribution in [3.8, 4) is 0 Å². The number of aliphatic hydroxyl groups is 3. The highest BCUT2D eigenvalue weighted by Gasteiger charge is 2.64. The molecule has 4 aliphatic rings. The second-order valence-electron chi connectivity index (χ2n) is 10.0. The summed E-state index contributed by atoms with van der Waals surface area (Å²) in [4.78, 5) is 0. The van der Waals surface area contributed by atoms with Crippen LogP contribution in [0.15, 0.2) is 0 Å². The lowest BCUT2D eigenvalue weighted by Gasteiger charge is -2.63. The van der Waals surface area contributed by atoms with Crippen molar-refractivity contribution in [1.29, 1.82) is 0 Å². The maximum Gasteiger partial charge on any atom is 0.0836 e. The van der Waals surface area contributed by atoms with Crippen molar-refractivity contribution in [2.75, 3.05) is 0 Å². The molecule has 0 amide bonds. The summed E-state index contributed by atoms with van der Waals surface area (Å²) in [6, 6.07) is 0. The average molecular weight is 337 g/mol. The molecular formula is C21H36O3. The van der Waals surface area contributed by atoms with Crippen molar-refractivity contribution >= 4 is 0 Å². The molecule has 10 atom stereocenters. The number of rotatable bonds is 1. The predicted octanol–water partition coefficient (Wildman–Crippen LogP) is 3.36. The van der Waals surface area contributed by atoms with Crippen molar-refractivity contribution < 1.29 is 15.3 Å². The third-order valence-electron chi connectivity index (χ3n) is 9.41.